The van der Waals surface area contributed by atoms with Crippen LogP contribution in [-0.4, -0.2) is 29.6 Å². The highest BCUT2D eigenvalue weighted by Gasteiger charge is 2.33. The molecule has 0 saturated heterocycles. The molecule has 5 nitrogen and oxygen atoms in total. The number of rotatable bonds is 6. The van der Waals surface area contributed by atoms with Crippen molar-refractivity contribution in [3.63, 3.8) is 0 Å². The number of benzene rings is 1. The van der Waals surface area contributed by atoms with Crippen LogP contribution in [0.25, 0.3) is 0 Å². The molecule has 1 aromatic carbocycles. The van der Waals surface area contributed by atoms with E-state index in [4.69, 9.17) is 9.84 Å². The van der Waals surface area contributed by atoms with Crippen LogP contribution in [0, 0.1) is 5.92 Å². The lowest BCUT2D eigenvalue weighted by Crippen LogP contribution is -2.41. The van der Waals surface area contributed by atoms with E-state index < -0.39 is 11.9 Å². The molecule has 2 rings (SSSR count). The van der Waals surface area contributed by atoms with Gasteiger partial charge in [-0.1, -0.05) is 36.8 Å². The molecular formula is C15H19NO4. The summed E-state index contributed by atoms with van der Waals surface area (Å²) in [7, 11) is 0. The Labute approximate surface area is 117 Å². The van der Waals surface area contributed by atoms with Crippen molar-refractivity contribution < 1.29 is 19.4 Å². The monoisotopic (exact) mass is 277 g/mol. The molecule has 0 aromatic heterocycles. The maximum Gasteiger partial charge on any atom is 0.308 e. The Balaban J connectivity index is 1.71. The Kier molecular flexibility index (Phi) is 5.12. The number of hydrogen-bond acceptors (Lipinski definition) is 3. The fourth-order valence-corrected chi connectivity index (χ4v) is 2.51. The standard InChI is InChI=1S/C15H19NO4/c17-14(10-20-9-11-5-2-1-3-6-11)16-13-8-4-7-12(13)15(18)19/h1-3,5-6,12-13H,4,7-10H2,(H,16,17)(H,18,19)/t12-,13+/m1/s1. The summed E-state index contributed by atoms with van der Waals surface area (Å²) < 4.78 is 5.33. The van der Waals surface area contributed by atoms with Crippen molar-refractivity contribution in [2.45, 2.75) is 31.9 Å². The van der Waals surface area contributed by atoms with Crippen molar-refractivity contribution in [2.24, 2.45) is 5.92 Å². The molecule has 1 aliphatic carbocycles. The fourth-order valence-electron chi connectivity index (χ4n) is 2.51. The maximum atomic E-state index is 11.7. The van der Waals surface area contributed by atoms with E-state index in [1.807, 2.05) is 30.3 Å². The second kappa shape index (κ2) is 7.05. The molecule has 0 unspecified atom stereocenters. The van der Waals surface area contributed by atoms with E-state index in [9.17, 15) is 9.59 Å². The van der Waals surface area contributed by atoms with Crippen LogP contribution in [0.1, 0.15) is 24.8 Å². The number of carbonyl (C=O) groups excluding carboxylic acids is 1. The van der Waals surface area contributed by atoms with Crippen molar-refractivity contribution in [3.05, 3.63) is 35.9 Å². The second-order valence-electron chi connectivity index (χ2n) is 5.03. The lowest BCUT2D eigenvalue weighted by atomic mass is 10.0. The first-order valence-electron chi connectivity index (χ1n) is 6.80. The number of hydrogen-bond donors (Lipinski definition) is 2. The third-order valence-corrected chi connectivity index (χ3v) is 3.52. The number of aliphatic carboxylic acids is 1. The normalized spacial score (nSPS) is 21.6. The zero-order chi connectivity index (χ0) is 14.4. The molecule has 1 saturated carbocycles. The minimum atomic E-state index is -0.835. The van der Waals surface area contributed by atoms with Gasteiger partial charge in [-0.05, 0) is 18.4 Å². The molecule has 2 N–H and O–H groups in total. The lowest BCUT2D eigenvalue weighted by molar-refractivity contribution is -0.142. The van der Waals surface area contributed by atoms with E-state index in [0.29, 0.717) is 13.0 Å². The minimum absolute atomic E-state index is 0.0439. The molecule has 1 fully saturated rings. The van der Waals surface area contributed by atoms with Gasteiger partial charge in [-0.2, -0.15) is 0 Å². The first kappa shape index (κ1) is 14.5. The zero-order valence-corrected chi connectivity index (χ0v) is 11.2. The Hall–Kier alpha value is -1.88. The van der Waals surface area contributed by atoms with Crippen LogP contribution in [0.4, 0.5) is 0 Å². The third kappa shape index (κ3) is 4.06. The van der Waals surface area contributed by atoms with E-state index in [-0.39, 0.29) is 18.6 Å². The van der Waals surface area contributed by atoms with Gasteiger partial charge in [0, 0.05) is 6.04 Å². The number of amides is 1. The molecule has 2 atom stereocenters. The Morgan fingerprint density at radius 3 is 2.70 bits per heavy atom. The quantitative estimate of drug-likeness (QED) is 0.827. The zero-order valence-electron chi connectivity index (χ0n) is 11.2. The highest BCUT2D eigenvalue weighted by molar-refractivity contribution is 5.79. The summed E-state index contributed by atoms with van der Waals surface area (Å²) in [6.07, 6.45) is 2.19. The summed E-state index contributed by atoms with van der Waals surface area (Å²) in [5.74, 6) is -1.55. The Bertz CT molecular complexity index is 460. The summed E-state index contributed by atoms with van der Waals surface area (Å²) >= 11 is 0. The predicted octanol–water partition coefficient (Wildman–Crippen LogP) is 1.57. The molecule has 0 heterocycles. The maximum absolute atomic E-state index is 11.7. The van der Waals surface area contributed by atoms with Crippen molar-refractivity contribution in [1.29, 1.82) is 0 Å². The van der Waals surface area contributed by atoms with Gasteiger partial charge in [0.1, 0.15) is 6.61 Å². The molecule has 108 valence electrons. The van der Waals surface area contributed by atoms with E-state index in [0.717, 1.165) is 18.4 Å². The molecule has 20 heavy (non-hydrogen) atoms. The van der Waals surface area contributed by atoms with E-state index in [1.165, 1.54) is 0 Å². The van der Waals surface area contributed by atoms with Crippen molar-refractivity contribution in [3.8, 4) is 0 Å². The topological polar surface area (TPSA) is 75.6 Å². The molecule has 0 spiro atoms. The van der Waals surface area contributed by atoms with Gasteiger partial charge in [0.2, 0.25) is 5.91 Å². The van der Waals surface area contributed by atoms with Crippen LogP contribution in [0.3, 0.4) is 0 Å². The first-order valence-corrected chi connectivity index (χ1v) is 6.80. The van der Waals surface area contributed by atoms with E-state index in [2.05, 4.69) is 5.32 Å². The highest BCUT2D eigenvalue weighted by atomic mass is 16.5. The van der Waals surface area contributed by atoms with Gasteiger partial charge < -0.3 is 15.2 Å². The molecule has 1 aliphatic rings. The number of carboxylic acids is 1. The summed E-state index contributed by atoms with van der Waals surface area (Å²) in [5.41, 5.74) is 1.00. The second-order valence-corrected chi connectivity index (χ2v) is 5.03. The van der Waals surface area contributed by atoms with Crippen LogP contribution in [0.5, 0.6) is 0 Å². The summed E-state index contributed by atoms with van der Waals surface area (Å²) in [6, 6.07) is 9.33. The van der Waals surface area contributed by atoms with Crippen LogP contribution < -0.4 is 5.32 Å². The van der Waals surface area contributed by atoms with Gasteiger partial charge in [0.05, 0.1) is 12.5 Å². The number of carbonyl (C=O) groups is 2. The summed E-state index contributed by atoms with van der Waals surface area (Å²) in [5, 5.41) is 11.8. The first-order chi connectivity index (χ1) is 9.66. The van der Waals surface area contributed by atoms with Gasteiger partial charge in [-0.25, -0.2) is 0 Å². The molecule has 0 radical (unpaired) electrons. The summed E-state index contributed by atoms with van der Waals surface area (Å²) in [4.78, 5) is 22.7. The van der Waals surface area contributed by atoms with Crippen molar-refractivity contribution in [1.82, 2.24) is 5.32 Å². The lowest BCUT2D eigenvalue weighted by Gasteiger charge is -2.17. The molecule has 0 aliphatic heterocycles. The molecule has 1 aromatic rings. The van der Waals surface area contributed by atoms with Crippen molar-refractivity contribution in [2.75, 3.05) is 6.61 Å². The largest absolute Gasteiger partial charge is 0.481 e. The van der Waals surface area contributed by atoms with E-state index >= 15 is 0 Å². The number of carboxylic acid groups (broad SMARTS) is 1. The van der Waals surface area contributed by atoms with Crippen LogP contribution in [0.2, 0.25) is 0 Å². The third-order valence-electron chi connectivity index (χ3n) is 3.52. The highest BCUT2D eigenvalue weighted by Crippen LogP contribution is 2.25. The number of nitrogens with one attached hydrogen (secondary N) is 1. The molecule has 5 heteroatoms. The Morgan fingerprint density at radius 2 is 2.00 bits per heavy atom. The van der Waals surface area contributed by atoms with Gasteiger partial charge in [-0.15, -0.1) is 0 Å². The van der Waals surface area contributed by atoms with Gasteiger partial charge >= 0.3 is 5.97 Å². The summed E-state index contributed by atoms with van der Waals surface area (Å²) in [6.45, 7) is 0.332. The average molecular weight is 277 g/mol. The van der Waals surface area contributed by atoms with Gasteiger partial charge in [0.15, 0.2) is 0 Å². The van der Waals surface area contributed by atoms with Crippen LogP contribution in [-0.2, 0) is 20.9 Å². The van der Waals surface area contributed by atoms with Crippen LogP contribution in [0.15, 0.2) is 30.3 Å². The van der Waals surface area contributed by atoms with Gasteiger partial charge in [0.25, 0.3) is 0 Å². The van der Waals surface area contributed by atoms with Crippen molar-refractivity contribution >= 4 is 11.9 Å². The van der Waals surface area contributed by atoms with Gasteiger partial charge in [-0.3, -0.25) is 9.59 Å². The smallest absolute Gasteiger partial charge is 0.308 e. The molecule has 1 amide bonds. The van der Waals surface area contributed by atoms with Crippen LogP contribution >= 0.6 is 0 Å². The molecular weight excluding hydrogens is 258 g/mol. The SMILES string of the molecule is O=C(COCc1ccccc1)N[C@H]1CCC[C@H]1C(=O)O. The predicted molar refractivity (Wildman–Crippen MR) is 73.0 cm³/mol. The van der Waals surface area contributed by atoms with E-state index in [1.54, 1.807) is 0 Å². The average Bonchev–Trinajstić information content (AvgIpc) is 2.88. The number of ether oxygens (including phenoxy) is 1. The fraction of sp³-hybridized carbons (Fsp3) is 0.467. The molecule has 0 bridgehead atoms. The minimum Gasteiger partial charge on any atom is -0.481 e. The Morgan fingerprint density at radius 1 is 1.25 bits per heavy atom.